The Labute approximate surface area is 124 Å². The first-order chi connectivity index (χ1) is 9.69. The summed E-state index contributed by atoms with van der Waals surface area (Å²) in [6, 6.07) is 18.0. The van der Waals surface area contributed by atoms with Gasteiger partial charge in [-0.25, -0.2) is 0 Å². The van der Waals surface area contributed by atoms with E-state index in [-0.39, 0.29) is 11.2 Å². The molecule has 1 N–H and O–H groups in total. The van der Waals surface area contributed by atoms with Gasteiger partial charge in [0.2, 0.25) is 5.91 Å². The lowest BCUT2D eigenvalue weighted by Gasteiger charge is -2.12. The van der Waals surface area contributed by atoms with Gasteiger partial charge in [0.05, 0.1) is 5.25 Å². The second-order valence-corrected chi connectivity index (χ2v) is 6.03. The molecule has 104 valence electrons. The van der Waals surface area contributed by atoms with Crippen molar-refractivity contribution in [1.82, 2.24) is 0 Å². The molecule has 20 heavy (non-hydrogen) atoms. The molecule has 0 radical (unpaired) electrons. The highest BCUT2D eigenvalue weighted by Crippen LogP contribution is 2.23. The van der Waals surface area contributed by atoms with E-state index in [1.165, 1.54) is 5.56 Å². The summed E-state index contributed by atoms with van der Waals surface area (Å²) in [5.41, 5.74) is 2.13. The lowest BCUT2D eigenvalue weighted by molar-refractivity contribution is -0.115. The molecule has 2 aromatic rings. The predicted octanol–water partition coefficient (Wildman–Crippen LogP) is 4.37. The molecule has 2 aromatic carbocycles. The molecule has 0 bridgehead atoms. The van der Waals surface area contributed by atoms with Gasteiger partial charge in [0, 0.05) is 10.6 Å². The zero-order chi connectivity index (χ0) is 14.4. The number of benzene rings is 2. The fraction of sp³-hybridized carbons (Fsp3) is 0.235. The molecule has 0 fully saturated rings. The molecule has 0 heterocycles. The van der Waals surface area contributed by atoms with Crippen LogP contribution in [-0.2, 0) is 11.2 Å². The number of aryl methyl sites for hydroxylation is 1. The zero-order valence-electron chi connectivity index (χ0n) is 11.8. The van der Waals surface area contributed by atoms with Crippen molar-refractivity contribution >= 4 is 23.4 Å². The molecule has 0 aliphatic heterocycles. The van der Waals surface area contributed by atoms with Crippen molar-refractivity contribution in [2.45, 2.75) is 30.4 Å². The second kappa shape index (κ2) is 7.15. The highest BCUT2D eigenvalue weighted by atomic mass is 32.2. The summed E-state index contributed by atoms with van der Waals surface area (Å²) in [5, 5.41) is 2.83. The maximum Gasteiger partial charge on any atom is 0.237 e. The van der Waals surface area contributed by atoms with E-state index >= 15 is 0 Å². The number of hydrogen-bond donors (Lipinski definition) is 1. The van der Waals surface area contributed by atoms with Gasteiger partial charge in [0.1, 0.15) is 0 Å². The molecule has 0 saturated carbocycles. The van der Waals surface area contributed by atoms with E-state index in [9.17, 15) is 4.79 Å². The van der Waals surface area contributed by atoms with Crippen molar-refractivity contribution in [3.63, 3.8) is 0 Å². The van der Waals surface area contributed by atoms with Crippen LogP contribution in [0.2, 0.25) is 0 Å². The number of carbonyl (C=O) groups excluding carboxylic acids is 1. The highest BCUT2D eigenvalue weighted by molar-refractivity contribution is 8.00. The van der Waals surface area contributed by atoms with Crippen molar-refractivity contribution in [3.8, 4) is 0 Å². The summed E-state index contributed by atoms with van der Waals surface area (Å²) in [5.74, 6) is 0.0306. The Morgan fingerprint density at radius 3 is 2.35 bits per heavy atom. The van der Waals surface area contributed by atoms with Crippen LogP contribution in [0.1, 0.15) is 19.4 Å². The summed E-state index contributed by atoms with van der Waals surface area (Å²) in [7, 11) is 0. The summed E-state index contributed by atoms with van der Waals surface area (Å²) in [4.78, 5) is 13.2. The predicted molar refractivity (Wildman–Crippen MR) is 86.2 cm³/mol. The van der Waals surface area contributed by atoms with Gasteiger partial charge in [-0.15, -0.1) is 11.8 Å². The largest absolute Gasteiger partial charge is 0.325 e. The molecule has 0 saturated heterocycles. The van der Waals surface area contributed by atoms with Gasteiger partial charge in [0.15, 0.2) is 0 Å². The molecule has 2 nitrogen and oxygen atoms in total. The van der Waals surface area contributed by atoms with Crippen molar-refractivity contribution in [3.05, 3.63) is 60.2 Å². The van der Waals surface area contributed by atoms with E-state index < -0.39 is 0 Å². The van der Waals surface area contributed by atoms with E-state index in [4.69, 9.17) is 0 Å². The van der Waals surface area contributed by atoms with Crippen LogP contribution in [0, 0.1) is 0 Å². The summed E-state index contributed by atoms with van der Waals surface area (Å²) in [6.45, 7) is 4.04. The first-order valence-electron chi connectivity index (χ1n) is 6.80. The molecular formula is C17H19NOS. The van der Waals surface area contributed by atoms with Gasteiger partial charge < -0.3 is 5.32 Å². The first kappa shape index (κ1) is 14.7. The van der Waals surface area contributed by atoms with E-state index in [0.29, 0.717) is 0 Å². The fourth-order valence-corrected chi connectivity index (χ4v) is 2.71. The minimum atomic E-state index is -0.122. The molecule has 1 unspecified atom stereocenters. The van der Waals surface area contributed by atoms with Gasteiger partial charge >= 0.3 is 0 Å². The van der Waals surface area contributed by atoms with Crippen LogP contribution in [0.4, 0.5) is 5.69 Å². The van der Waals surface area contributed by atoms with Crippen molar-refractivity contribution in [2.24, 2.45) is 0 Å². The Morgan fingerprint density at radius 1 is 1.10 bits per heavy atom. The normalized spacial score (nSPS) is 11.9. The molecule has 1 amide bonds. The quantitative estimate of drug-likeness (QED) is 0.827. The molecule has 0 aliphatic rings. The smallest absolute Gasteiger partial charge is 0.237 e. The van der Waals surface area contributed by atoms with Gasteiger partial charge in [-0.3, -0.25) is 4.79 Å². The van der Waals surface area contributed by atoms with E-state index in [1.807, 2.05) is 61.5 Å². The van der Waals surface area contributed by atoms with Crippen molar-refractivity contribution in [1.29, 1.82) is 0 Å². The van der Waals surface area contributed by atoms with Crippen LogP contribution in [0.25, 0.3) is 0 Å². The van der Waals surface area contributed by atoms with Crippen LogP contribution in [0.3, 0.4) is 0 Å². The SMILES string of the molecule is CCc1ccc(NC(=O)C(C)Sc2ccccc2)cc1. The number of rotatable bonds is 5. The molecule has 0 spiro atoms. The summed E-state index contributed by atoms with van der Waals surface area (Å²) >= 11 is 1.57. The van der Waals surface area contributed by atoms with Crippen LogP contribution in [0.5, 0.6) is 0 Å². The fourth-order valence-electron chi connectivity index (χ4n) is 1.82. The molecule has 3 heteroatoms. The molecule has 0 aromatic heterocycles. The topological polar surface area (TPSA) is 29.1 Å². The van der Waals surface area contributed by atoms with Crippen LogP contribution in [-0.4, -0.2) is 11.2 Å². The monoisotopic (exact) mass is 285 g/mol. The lowest BCUT2D eigenvalue weighted by atomic mass is 10.1. The number of thioether (sulfide) groups is 1. The van der Waals surface area contributed by atoms with Gasteiger partial charge in [-0.05, 0) is 43.2 Å². The standard InChI is InChI=1S/C17H19NOS/c1-3-14-9-11-15(12-10-14)18-17(19)13(2)20-16-7-5-4-6-8-16/h4-13H,3H2,1-2H3,(H,18,19). The number of anilines is 1. The Morgan fingerprint density at radius 2 is 1.75 bits per heavy atom. The molecule has 0 aliphatic carbocycles. The van der Waals surface area contributed by atoms with Crippen molar-refractivity contribution < 1.29 is 4.79 Å². The summed E-state index contributed by atoms with van der Waals surface area (Å²) < 4.78 is 0. The Bertz CT molecular complexity index is 551. The van der Waals surface area contributed by atoms with Crippen LogP contribution < -0.4 is 5.32 Å². The number of carbonyl (C=O) groups is 1. The van der Waals surface area contributed by atoms with Crippen LogP contribution >= 0.6 is 11.8 Å². The minimum Gasteiger partial charge on any atom is -0.325 e. The molecule has 2 rings (SSSR count). The Kier molecular flexibility index (Phi) is 5.24. The number of hydrogen-bond acceptors (Lipinski definition) is 2. The van der Waals surface area contributed by atoms with Gasteiger partial charge in [-0.2, -0.15) is 0 Å². The third kappa shape index (κ3) is 4.14. The Hall–Kier alpha value is -1.74. The zero-order valence-corrected chi connectivity index (χ0v) is 12.6. The van der Waals surface area contributed by atoms with E-state index in [2.05, 4.69) is 12.2 Å². The number of amides is 1. The molecular weight excluding hydrogens is 266 g/mol. The third-order valence-electron chi connectivity index (χ3n) is 3.06. The minimum absolute atomic E-state index is 0.0306. The average molecular weight is 285 g/mol. The Balaban J connectivity index is 1.93. The maximum atomic E-state index is 12.1. The van der Waals surface area contributed by atoms with E-state index in [0.717, 1.165) is 17.0 Å². The lowest BCUT2D eigenvalue weighted by Crippen LogP contribution is -2.22. The second-order valence-electron chi connectivity index (χ2n) is 4.61. The highest BCUT2D eigenvalue weighted by Gasteiger charge is 2.14. The maximum absolute atomic E-state index is 12.1. The van der Waals surface area contributed by atoms with E-state index in [1.54, 1.807) is 11.8 Å². The van der Waals surface area contributed by atoms with Crippen molar-refractivity contribution in [2.75, 3.05) is 5.32 Å². The third-order valence-corrected chi connectivity index (χ3v) is 4.17. The number of nitrogens with one attached hydrogen (secondary N) is 1. The van der Waals surface area contributed by atoms with Gasteiger partial charge in [0.25, 0.3) is 0 Å². The average Bonchev–Trinajstić information content (AvgIpc) is 2.49. The van der Waals surface area contributed by atoms with Crippen LogP contribution in [0.15, 0.2) is 59.5 Å². The summed E-state index contributed by atoms with van der Waals surface area (Å²) in [6.07, 6.45) is 1.01. The molecule has 1 atom stereocenters. The first-order valence-corrected chi connectivity index (χ1v) is 7.68. The van der Waals surface area contributed by atoms with Gasteiger partial charge in [-0.1, -0.05) is 37.3 Å².